The Kier molecular flexibility index (Phi) is 9.21. The van der Waals surface area contributed by atoms with Gasteiger partial charge in [-0.1, -0.05) is 24.3 Å². The van der Waals surface area contributed by atoms with Crippen LogP contribution in [0.15, 0.2) is 54.9 Å². The van der Waals surface area contributed by atoms with Gasteiger partial charge in [0.15, 0.2) is 0 Å². The SMILES string of the molecule is CNCCC(=O)NC(Cn1cnc2ccccc21)c1ccc(F)cc1.Cl.Cl. The number of carbonyl (C=O) groups excluding carboxylic acids is 1. The van der Waals surface area contributed by atoms with Crippen molar-refractivity contribution in [2.24, 2.45) is 0 Å². The molecule has 2 aromatic carbocycles. The average molecular weight is 413 g/mol. The minimum absolute atomic E-state index is 0. The molecule has 0 radical (unpaired) electrons. The first kappa shape index (κ1) is 22.9. The van der Waals surface area contributed by atoms with E-state index in [1.54, 1.807) is 18.5 Å². The van der Waals surface area contributed by atoms with E-state index >= 15 is 0 Å². The number of para-hydroxylation sites is 2. The predicted octanol–water partition coefficient (Wildman–Crippen LogP) is 3.49. The number of amides is 1. The van der Waals surface area contributed by atoms with Crippen molar-refractivity contribution in [1.82, 2.24) is 20.2 Å². The second-order valence-electron chi connectivity index (χ2n) is 5.91. The summed E-state index contributed by atoms with van der Waals surface area (Å²) in [5.74, 6) is -0.342. The Balaban J connectivity index is 0.00000182. The summed E-state index contributed by atoms with van der Waals surface area (Å²) in [4.78, 5) is 16.6. The maximum Gasteiger partial charge on any atom is 0.221 e. The highest BCUT2D eigenvalue weighted by Crippen LogP contribution is 2.20. The predicted molar refractivity (Wildman–Crippen MR) is 110 cm³/mol. The zero-order valence-corrected chi connectivity index (χ0v) is 16.5. The third kappa shape index (κ3) is 5.92. The van der Waals surface area contributed by atoms with Crippen LogP contribution in [0, 0.1) is 5.82 Å². The van der Waals surface area contributed by atoms with E-state index in [4.69, 9.17) is 0 Å². The van der Waals surface area contributed by atoms with Crippen LogP contribution in [0.2, 0.25) is 0 Å². The van der Waals surface area contributed by atoms with Crippen molar-refractivity contribution in [3.05, 3.63) is 66.2 Å². The molecule has 0 aliphatic rings. The number of hydrogen-bond acceptors (Lipinski definition) is 3. The molecule has 2 N–H and O–H groups in total. The Morgan fingerprint density at radius 2 is 1.85 bits per heavy atom. The number of fused-ring (bicyclic) bond motifs is 1. The van der Waals surface area contributed by atoms with E-state index in [1.165, 1.54) is 12.1 Å². The number of hydrogen-bond donors (Lipinski definition) is 2. The van der Waals surface area contributed by atoms with Gasteiger partial charge in [-0.2, -0.15) is 0 Å². The van der Waals surface area contributed by atoms with Crippen LogP contribution >= 0.6 is 24.8 Å². The smallest absolute Gasteiger partial charge is 0.221 e. The lowest BCUT2D eigenvalue weighted by molar-refractivity contribution is -0.121. The van der Waals surface area contributed by atoms with E-state index in [0.29, 0.717) is 19.5 Å². The van der Waals surface area contributed by atoms with E-state index in [1.807, 2.05) is 35.9 Å². The van der Waals surface area contributed by atoms with Gasteiger partial charge in [0.1, 0.15) is 5.82 Å². The Labute approximate surface area is 170 Å². The second-order valence-corrected chi connectivity index (χ2v) is 5.91. The molecule has 0 spiro atoms. The fraction of sp³-hybridized carbons (Fsp3) is 0.263. The molecule has 1 aromatic heterocycles. The van der Waals surface area contributed by atoms with E-state index < -0.39 is 0 Å². The van der Waals surface area contributed by atoms with Crippen LogP contribution in [0.4, 0.5) is 4.39 Å². The monoisotopic (exact) mass is 412 g/mol. The summed E-state index contributed by atoms with van der Waals surface area (Å²) >= 11 is 0. The van der Waals surface area contributed by atoms with Gasteiger partial charge in [0.25, 0.3) is 0 Å². The molecular weight excluding hydrogens is 390 g/mol. The van der Waals surface area contributed by atoms with Gasteiger partial charge < -0.3 is 15.2 Å². The van der Waals surface area contributed by atoms with Crippen molar-refractivity contribution in [1.29, 1.82) is 0 Å². The molecule has 3 aromatic rings. The molecule has 0 bridgehead atoms. The van der Waals surface area contributed by atoms with Gasteiger partial charge in [0.05, 0.1) is 23.4 Å². The molecule has 0 fully saturated rings. The molecular formula is C19H23Cl2FN4O. The van der Waals surface area contributed by atoms with Gasteiger partial charge in [-0.05, 0) is 36.9 Å². The first-order chi connectivity index (χ1) is 12.2. The minimum atomic E-state index is -0.294. The van der Waals surface area contributed by atoms with E-state index in [9.17, 15) is 9.18 Å². The molecule has 0 saturated carbocycles. The normalized spacial score (nSPS) is 11.3. The minimum Gasteiger partial charge on any atom is -0.347 e. The molecule has 5 nitrogen and oxygen atoms in total. The molecule has 3 rings (SSSR count). The van der Waals surface area contributed by atoms with E-state index in [-0.39, 0.29) is 42.6 Å². The first-order valence-corrected chi connectivity index (χ1v) is 8.26. The maximum absolute atomic E-state index is 13.3. The van der Waals surface area contributed by atoms with Crippen LogP contribution in [-0.4, -0.2) is 29.1 Å². The molecule has 27 heavy (non-hydrogen) atoms. The number of halogens is 3. The molecule has 0 saturated heterocycles. The Morgan fingerprint density at radius 3 is 2.56 bits per heavy atom. The van der Waals surface area contributed by atoms with Crippen molar-refractivity contribution < 1.29 is 9.18 Å². The van der Waals surface area contributed by atoms with Crippen LogP contribution in [-0.2, 0) is 11.3 Å². The molecule has 1 heterocycles. The van der Waals surface area contributed by atoms with E-state index in [2.05, 4.69) is 15.6 Å². The molecule has 1 unspecified atom stereocenters. The Bertz CT molecular complexity index is 854. The lowest BCUT2D eigenvalue weighted by atomic mass is 10.1. The van der Waals surface area contributed by atoms with Gasteiger partial charge in [0.2, 0.25) is 5.91 Å². The van der Waals surface area contributed by atoms with Crippen LogP contribution in [0.25, 0.3) is 11.0 Å². The highest BCUT2D eigenvalue weighted by molar-refractivity contribution is 5.85. The fourth-order valence-corrected chi connectivity index (χ4v) is 2.79. The fourth-order valence-electron chi connectivity index (χ4n) is 2.79. The Hall–Kier alpha value is -2.15. The summed E-state index contributed by atoms with van der Waals surface area (Å²) in [6, 6.07) is 13.8. The van der Waals surface area contributed by atoms with Gasteiger partial charge in [-0.15, -0.1) is 24.8 Å². The topological polar surface area (TPSA) is 59.0 Å². The quantitative estimate of drug-likeness (QED) is 0.624. The van der Waals surface area contributed by atoms with Crippen molar-refractivity contribution in [3.63, 3.8) is 0 Å². The van der Waals surface area contributed by atoms with Gasteiger partial charge in [0, 0.05) is 19.5 Å². The third-order valence-electron chi connectivity index (χ3n) is 4.12. The second kappa shape index (κ2) is 10.9. The molecule has 1 atom stereocenters. The number of nitrogens with one attached hydrogen (secondary N) is 2. The summed E-state index contributed by atoms with van der Waals surface area (Å²) in [6.07, 6.45) is 2.15. The summed E-state index contributed by atoms with van der Waals surface area (Å²) in [6.45, 7) is 1.13. The number of carbonyl (C=O) groups is 1. The number of imidazole rings is 1. The van der Waals surface area contributed by atoms with Crippen LogP contribution in [0.3, 0.4) is 0 Å². The summed E-state index contributed by atoms with van der Waals surface area (Å²) in [7, 11) is 1.81. The van der Waals surface area contributed by atoms with Crippen LogP contribution in [0.5, 0.6) is 0 Å². The largest absolute Gasteiger partial charge is 0.347 e. The highest BCUT2D eigenvalue weighted by Gasteiger charge is 2.16. The Morgan fingerprint density at radius 1 is 1.15 bits per heavy atom. The van der Waals surface area contributed by atoms with Crippen LogP contribution < -0.4 is 10.6 Å². The maximum atomic E-state index is 13.3. The zero-order valence-electron chi connectivity index (χ0n) is 14.9. The number of benzene rings is 2. The van der Waals surface area contributed by atoms with Gasteiger partial charge in [-0.25, -0.2) is 9.37 Å². The molecule has 8 heteroatoms. The molecule has 0 aliphatic heterocycles. The summed E-state index contributed by atoms with van der Waals surface area (Å²) < 4.78 is 15.3. The van der Waals surface area contributed by atoms with Crippen LogP contribution in [0.1, 0.15) is 18.0 Å². The number of aromatic nitrogens is 2. The molecule has 1 amide bonds. The first-order valence-electron chi connectivity index (χ1n) is 8.26. The highest BCUT2D eigenvalue weighted by atomic mass is 35.5. The molecule has 0 aliphatic carbocycles. The van der Waals surface area contributed by atoms with Crippen molar-refractivity contribution in [3.8, 4) is 0 Å². The van der Waals surface area contributed by atoms with E-state index in [0.717, 1.165) is 16.6 Å². The average Bonchev–Trinajstić information content (AvgIpc) is 3.03. The lowest BCUT2D eigenvalue weighted by Gasteiger charge is -2.20. The number of rotatable bonds is 7. The van der Waals surface area contributed by atoms with Crippen molar-refractivity contribution in [2.75, 3.05) is 13.6 Å². The standard InChI is InChI=1S/C19H21FN4O.2ClH/c1-21-11-10-19(25)23-17(14-6-8-15(20)9-7-14)12-24-13-22-16-4-2-3-5-18(16)24;;/h2-9,13,17,21H,10-12H2,1H3,(H,23,25);2*1H. The summed E-state index contributed by atoms with van der Waals surface area (Å²) in [5.41, 5.74) is 2.76. The van der Waals surface area contributed by atoms with Crippen molar-refractivity contribution >= 4 is 41.8 Å². The summed E-state index contributed by atoms with van der Waals surface area (Å²) in [5, 5.41) is 6.00. The molecule has 146 valence electrons. The van der Waals surface area contributed by atoms with Crippen molar-refractivity contribution in [2.45, 2.75) is 19.0 Å². The van der Waals surface area contributed by atoms with Gasteiger partial charge >= 0.3 is 0 Å². The van der Waals surface area contributed by atoms with Gasteiger partial charge in [-0.3, -0.25) is 4.79 Å². The number of nitrogens with zero attached hydrogens (tertiary/aromatic N) is 2. The lowest BCUT2D eigenvalue weighted by Crippen LogP contribution is -2.32. The third-order valence-corrected chi connectivity index (χ3v) is 4.12. The zero-order chi connectivity index (χ0) is 17.6.